The van der Waals surface area contributed by atoms with Crippen molar-refractivity contribution >= 4 is 17.5 Å². The first-order valence-electron chi connectivity index (χ1n) is 6.33. The first kappa shape index (κ1) is 13.4. The maximum absolute atomic E-state index is 11.8. The average molecular weight is 265 g/mol. The second-order valence-electron chi connectivity index (χ2n) is 4.85. The summed E-state index contributed by atoms with van der Waals surface area (Å²) in [6, 6.07) is 0.0435. The lowest BCUT2D eigenvalue weighted by atomic mass is 10.2. The van der Waals surface area contributed by atoms with Gasteiger partial charge in [0.1, 0.15) is 6.54 Å². The van der Waals surface area contributed by atoms with Crippen LogP contribution in [-0.4, -0.2) is 34.2 Å². The topological polar surface area (TPSA) is 102 Å². The van der Waals surface area contributed by atoms with Crippen LogP contribution in [-0.2, 0) is 16.1 Å². The lowest BCUT2D eigenvalue weighted by molar-refractivity contribution is -0.122. The minimum atomic E-state index is -0.133. The van der Waals surface area contributed by atoms with E-state index in [4.69, 9.17) is 5.73 Å². The first-order chi connectivity index (χ1) is 8.97. The number of hydrogen-bond donors (Lipinski definition) is 3. The van der Waals surface area contributed by atoms with Crippen molar-refractivity contribution in [2.45, 2.75) is 39.3 Å². The van der Waals surface area contributed by atoms with Crippen LogP contribution in [0.1, 0.15) is 24.2 Å². The molecule has 19 heavy (non-hydrogen) atoms. The van der Waals surface area contributed by atoms with Gasteiger partial charge in [-0.1, -0.05) is 0 Å². The van der Waals surface area contributed by atoms with Gasteiger partial charge in [0.25, 0.3) is 0 Å². The predicted molar refractivity (Wildman–Crippen MR) is 70.3 cm³/mol. The Balaban J connectivity index is 1.84. The minimum absolute atomic E-state index is 0.0435. The van der Waals surface area contributed by atoms with E-state index < -0.39 is 0 Å². The van der Waals surface area contributed by atoms with Crippen LogP contribution in [0.15, 0.2) is 0 Å². The molecule has 0 aromatic carbocycles. The quantitative estimate of drug-likeness (QED) is 0.681. The highest BCUT2D eigenvalue weighted by atomic mass is 16.2. The van der Waals surface area contributed by atoms with Crippen molar-refractivity contribution in [3.8, 4) is 0 Å². The third kappa shape index (κ3) is 3.04. The minimum Gasteiger partial charge on any atom is -0.396 e. The van der Waals surface area contributed by atoms with Gasteiger partial charge < -0.3 is 16.4 Å². The molecule has 7 heteroatoms. The van der Waals surface area contributed by atoms with Crippen LogP contribution >= 0.6 is 0 Å². The Morgan fingerprint density at radius 2 is 2.32 bits per heavy atom. The molecule has 2 heterocycles. The highest BCUT2D eigenvalue weighted by Gasteiger charge is 2.21. The molecule has 1 saturated heterocycles. The Kier molecular flexibility index (Phi) is 3.73. The maximum atomic E-state index is 11.8. The Hall–Kier alpha value is -2.05. The van der Waals surface area contributed by atoms with Gasteiger partial charge in [0.05, 0.1) is 17.1 Å². The fraction of sp³-hybridized carbons (Fsp3) is 0.583. The Morgan fingerprint density at radius 3 is 2.84 bits per heavy atom. The summed E-state index contributed by atoms with van der Waals surface area (Å²) in [5.41, 5.74) is 7.95. The van der Waals surface area contributed by atoms with Crippen molar-refractivity contribution in [2.75, 3.05) is 12.3 Å². The van der Waals surface area contributed by atoms with E-state index in [1.54, 1.807) is 4.68 Å². The van der Waals surface area contributed by atoms with Crippen molar-refractivity contribution in [3.05, 3.63) is 11.4 Å². The molecule has 0 radical (unpaired) electrons. The second kappa shape index (κ2) is 5.29. The summed E-state index contributed by atoms with van der Waals surface area (Å²) in [6.45, 7) is 4.24. The number of rotatable bonds is 4. The molecule has 1 aromatic rings. The summed E-state index contributed by atoms with van der Waals surface area (Å²) in [5.74, 6) is -0.0858. The molecule has 7 nitrogen and oxygen atoms in total. The fourth-order valence-electron chi connectivity index (χ4n) is 2.12. The van der Waals surface area contributed by atoms with Crippen LogP contribution in [0.25, 0.3) is 0 Å². The number of nitrogens with one attached hydrogen (secondary N) is 2. The van der Waals surface area contributed by atoms with E-state index in [2.05, 4.69) is 15.7 Å². The zero-order chi connectivity index (χ0) is 14.0. The number of nitrogen functional groups attached to an aromatic ring is 1. The van der Waals surface area contributed by atoms with Crippen molar-refractivity contribution in [1.82, 2.24) is 20.4 Å². The molecule has 1 aromatic heterocycles. The van der Waals surface area contributed by atoms with Crippen LogP contribution in [0.4, 0.5) is 5.69 Å². The number of carbonyl (C=O) groups is 2. The Morgan fingerprint density at radius 1 is 1.58 bits per heavy atom. The predicted octanol–water partition coefficient (Wildman–Crippen LogP) is -0.523. The van der Waals surface area contributed by atoms with Gasteiger partial charge in [0.2, 0.25) is 11.8 Å². The molecular weight excluding hydrogens is 246 g/mol. The summed E-state index contributed by atoms with van der Waals surface area (Å²) >= 11 is 0. The summed E-state index contributed by atoms with van der Waals surface area (Å²) in [4.78, 5) is 22.8. The lowest BCUT2D eigenvalue weighted by Crippen LogP contribution is -2.39. The number of anilines is 1. The van der Waals surface area contributed by atoms with Gasteiger partial charge in [0, 0.05) is 19.0 Å². The number of nitrogens with two attached hydrogens (primary N) is 1. The van der Waals surface area contributed by atoms with Gasteiger partial charge in [-0.15, -0.1) is 0 Å². The third-order valence-electron chi connectivity index (χ3n) is 3.36. The van der Waals surface area contributed by atoms with Crippen LogP contribution < -0.4 is 16.4 Å². The molecule has 2 amide bonds. The number of aryl methyl sites for hydroxylation is 1. The monoisotopic (exact) mass is 265 g/mol. The standard InChI is InChI=1S/C12H19N5O2/c1-7-12(13)8(2)17(16-7)6-11(19)14-5-9-3-4-10(18)15-9/h9H,3-6,13H2,1-2H3,(H,14,19)(H,15,18). The van der Waals surface area contributed by atoms with Gasteiger partial charge in [0.15, 0.2) is 0 Å². The molecule has 1 fully saturated rings. The largest absolute Gasteiger partial charge is 0.396 e. The summed E-state index contributed by atoms with van der Waals surface area (Å²) in [7, 11) is 0. The number of amides is 2. The third-order valence-corrected chi connectivity index (χ3v) is 3.36. The molecule has 104 valence electrons. The van der Waals surface area contributed by atoms with E-state index in [-0.39, 0.29) is 24.4 Å². The normalized spacial score (nSPS) is 18.4. The van der Waals surface area contributed by atoms with Gasteiger partial charge in [-0.3, -0.25) is 14.3 Å². The van der Waals surface area contributed by atoms with E-state index in [0.717, 1.165) is 17.8 Å². The van der Waals surface area contributed by atoms with E-state index in [0.29, 0.717) is 18.7 Å². The van der Waals surface area contributed by atoms with Gasteiger partial charge in [-0.25, -0.2) is 0 Å². The molecule has 2 rings (SSSR count). The van der Waals surface area contributed by atoms with E-state index >= 15 is 0 Å². The maximum Gasteiger partial charge on any atom is 0.241 e. The molecule has 0 spiro atoms. The highest BCUT2D eigenvalue weighted by Crippen LogP contribution is 2.14. The molecule has 4 N–H and O–H groups in total. The van der Waals surface area contributed by atoms with E-state index in [9.17, 15) is 9.59 Å². The Bertz CT molecular complexity index is 508. The number of carbonyl (C=O) groups excluding carboxylic acids is 2. The molecule has 0 saturated carbocycles. The second-order valence-corrected chi connectivity index (χ2v) is 4.85. The Labute approximate surface area is 111 Å². The molecule has 1 aliphatic heterocycles. The van der Waals surface area contributed by atoms with Gasteiger partial charge in [-0.2, -0.15) is 5.10 Å². The SMILES string of the molecule is Cc1nn(CC(=O)NCC2CCC(=O)N2)c(C)c1N. The molecule has 1 unspecified atom stereocenters. The summed E-state index contributed by atoms with van der Waals surface area (Å²) < 4.78 is 1.59. The van der Waals surface area contributed by atoms with E-state index in [1.807, 2.05) is 13.8 Å². The molecule has 1 atom stereocenters. The lowest BCUT2D eigenvalue weighted by Gasteiger charge is -2.11. The van der Waals surface area contributed by atoms with Gasteiger partial charge >= 0.3 is 0 Å². The van der Waals surface area contributed by atoms with Crippen LogP contribution in [0.5, 0.6) is 0 Å². The van der Waals surface area contributed by atoms with Crippen molar-refractivity contribution in [1.29, 1.82) is 0 Å². The van der Waals surface area contributed by atoms with Crippen LogP contribution in [0.2, 0.25) is 0 Å². The van der Waals surface area contributed by atoms with Crippen LogP contribution in [0.3, 0.4) is 0 Å². The van der Waals surface area contributed by atoms with Crippen LogP contribution in [0, 0.1) is 13.8 Å². The highest BCUT2D eigenvalue weighted by molar-refractivity contribution is 5.79. The summed E-state index contributed by atoms with van der Waals surface area (Å²) in [6.07, 6.45) is 1.31. The van der Waals surface area contributed by atoms with Crippen molar-refractivity contribution < 1.29 is 9.59 Å². The number of aromatic nitrogens is 2. The zero-order valence-electron chi connectivity index (χ0n) is 11.2. The average Bonchev–Trinajstić information content (AvgIpc) is 2.88. The summed E-state index contributed by atoms with van der Waals surface area (Å²) in [5, 5.41) is 9.80. The van der Waals surface area contributed by atoms with Crippen molar-refractivity contribution in [3.63, 3.8) is 0 Å². The molecule has 0 bridgehead atoms. The zero-order valence-corrected chi connectivity index (χ0v) is 11.2. The molecule has 1 aliphatic rings. The smallest absolute Gasteiger partial charge is 0.241 e. The molecule has 0 aliphatic carbocycles. The first-order valence-corrected chi connectivity index (χ1v) is 6.33. The van der Waals surface area contributed by atoms with E-state index in [1.165, 1.54) is 0 Å². The van der Waals surface area contributed by atoms with Gasteiger partial charge in [-0.05, 0) is 20.3 Å². The fourth-order valence-corrected chi connectivity index (χ4v) is 2.12. The number of nitrogens with zero attached hydrogens (tertiary/aromatic N) is 2. The number of hydrogen-bond acceptors (Lipinski definition) is 4. The molecular formula is C12H19N5O2. The van der Waals surface area contributed by atoms with Crippen molar-refractivity contribution in [2.24, 2.45) is 0 Å².